The zero-order valence-electron chi connectivity index (χ0n) is 13.7. The number of pyridine rings is 1. The summed E-state index contributed by atoms with van der Waals surface area (Å²) >= 11 is 4.47. The molecule has 1 saturated heterocycles. The fourth-order valence-corrected chi connectivity index (χ4v) is 7.16. The fraction of sp³-hybridized carbons (Fsp3) is 0.188. The number of carbonyl (C=O) groups excluding carboxylic acids is 1. The van der Waals surface area contributed by atoms with E-state index in [1.807, 2.05) is 0 Å². The summed E-state index contributed by atoms with van der Waals surface area (Å²) in [5.74, 6) is -0.690. The SMILES string of the molecule is O=C(NC1CN(c2ncc(C(=O)O)cc2Cl)C1)[As]S(=O)(=O)c1ccccc1. The standard InChI is InChI=1S/C16H14AsClN3O5S/c18-13-6-10(15(22)23)7-19-14(13)21-8-11(9-21)20-16(24)17-27(25,26)12-4-2-1-3-5-12/h1-7,11H,8-9H2,(H,20,24)(H,22,23). The second kappa shape index (κ2) is 7.88. The first kappa shape index (κ1) is 19.7. The van der Waals surface area contributed by atoms with E-state index in [9.17, 15) is 18.0 Å². The minimum absolute atomic E-state index is 0.00991. The number of hydrogen-bond donors (Lipinski definition) is 2. The van der Waals surface area contributed by atoms with Gasteiger partial charge in [-0.05, 0) is 0 Å². The molecular formula is C16H14AsClN3O5S. The summed E-state index contributed by atoms with van der Waals surface area (Å²) in [7, 11) is -3.60. The Kier molecular flexibility index (Phi) is 5.74. The van der Waals surface area contributed by atoms with Crippen molar-refractivity contribution in [3.8, 4) is 0 Å². The van der Waals surface area contributed by atoms with E-state index in [1.165, 1.54) is 24.4 Å². The van der Waals surface area contributed by atoms with Crippen LogP contribution in [0.5, 0.6) is 0 Å². The van der Waals surface area contributed by atoms with Gasteiger partial charge in [-0.25, -0.2) is 0 Å². The number of anilines is 1. The molecule has 3 rings (SSSR count). The van der Waals surface area contributed by atoms with Gasteiger partial charge in [0.05, 0.1) is 0 Å². The molecule has 1 aromatic heterocycles. The number of nitrogens with one attached hydrogen (secondary N) is 1. The van der Waals surface area contributed by atoms with Crippen molar-refractivity contribution in [1.82, 2.24) is 10.3 Å². The van der Waals surface area contributed by atoms with Crippen LogP contribution in [0, 0.1) is 0 Å². The Morgan fingerprint density at radius 1 is 1.26 bits per heavy atom. The fourth-order valence-electron chi connectivity index (χ4n) is 2.48. The Morgan fingerprint density at radius 3 is 2.52 bits per heavy atom. The van der Waals surface area contributed by atoms with Crippen LogP contribution >= 0.6 is 11.6 Å². The average molecular weight is 471 g/mol. The van der Waals surface area contributed by atoms with Crippen molar-refractivity contribution < 1.29 is 23.1 Å². The molecule has 141 valence electrons. The van der Waals surface area contributed by atoms with Crippen LogP contribution in [0.2, 0.25) is 5.02 Å². The molecule has 0 bridgehead atoms. The predicted molar refractivity (Wildman–Crippen MR) is 100 cm³/mol. The molecule has 11 heteroatoms. The van der Waals surface area contributed by atoms with Crippen molar-refractivity contribution >= 4 is 50.8 Å². The molecule has 2 N–H and O–H groups in total. The number of carbonyl (C=O) groups is 2. The summed E-state index contributed by atoms with van der Waals surface area (Å²) in [4.78, 5) is 29.0. The minimum atomic E-state index is -3.60. The molecule has 1 fully saturated rings. The van der Waals surface area contributed by atoms with Crippen LogP contribution in [-0.4, -0.2) is 62.9 Å². The van der Waals surface area contributed by atoms with Gasteiger partial charge < -0.3 is 0 Å². The van der Waals surface area contributed by atoms with Crippen LogP contribution in [0.15, 0.2) is 47.5 Å². The molecule has 0 saturated carbocycles. The van der Waals surface area contributed by atoms with Crippen LogP contribution in [0.4, 0.5) is 10.6 Å². The third-order valence-electron chi connectivity index (χ3n) is 3.82. The van der Waals surface area contributed by atoms with Gasteiger partial charge in [-0.2, -0.15) is 0 Å². The molecule has 0 aliphatic carbocycles. The monoisotopic (exact) mass is 470 g/mol. The van der Waals surface area contributed by atoms with Gasteiger partial charge in [0, 0.05) is 0 Å². The molecule has 1 radical (unpaired) electrons. The normalized spacial score (nSPS) is 14.9. The second-order valence-corrected chi connectivity index (χ2v) is 12.8. The number of hydrogen-bond acceptors (Lipinski definition) is 6. The van der Waals surface area contributed by atoms with E-state index < -0.39 is 33.4 Å². The van der Waals surface area contributed by atoms with Crippen LogP contribution in [-0.2, 0) is 8.10 Å². The van der Waals surface area contributed by atoms with Gasteiger partial charge in [0.2, 0.25) is 0 Å². The molecule has 1 aromatic carbocycles. The number of nitrogens with zero attached hydrogens (tertiary/aromatic N) is 2. The van der Waals surface area contributed by atoms with E-state index in [-0.39, 0.29) is 21.5 Å². The zero-order chi connectivity index (χ0) is 19.6. The molecule has 0 atom stereocenters. The number of benzene rings is 1. The van der Waals surface area contributed by atoms with E-state index in [0.29, 0.717) is 18.9 Å². The van der Waals surface area contributed by atoms with Crippen LogP contribution in [0.3, 0.4) is 0 Å². The number of carboxylic acid groups (broad SMARTS) is 1. The Balaban J connectivity index is 1.55. The Labute approximate surface area is 166 Å². The number of halogens is 1. The maximum atomic E-state index is 12.2. The van der Waals surface area contributed by atoms with Crippen molar-refractivity contribution in [3.05, 3.63) is 53.2 Å². The predicted octanol–water partition coefficient (Wildman–Crippen LogP) is 1.42. The molecule has 27 heavy (non-hydrogen) atoms. The van der Waals surface area contributed by atoms with E-state index in [2.05, 4.69) is 10.3 Å². The summed E-state index contributed by atoms with van der Waals surface area (Å²) in [6.07, 6.45) is 1.21. The number of rotatable bonds is 6. The molecule has 1 amide bonds. The molecule has 0 spiro atoms. The van der Waals surface area contributed by atoms with Crippen molar-refractivity contribution in [2.24, 2.45) is 0 Å². The van der Waals surface area contributed by atoms with Gasteiger partial charge >= 0.3 is 166 Å². The van der Waals surface area contributed by atoms with Crippen LogP contribution in [0.1, 0.15) is 10.4 Å². The van der Waals surface area contributed by atoms with Crippen molar-refractivity contribution in [2.45, 2.75) is 10.9 Å². The topological polar surface area (TPSA) is 117 Å². The maximum absolute atomic E-state index is 12.2. The van der Waals surface area contributed by atoms with E-state index in [4.69, 9.17) is 16.7 Å². The van der Waals surface area contributed by atoms with Crippen LogP contribution < -0.4 is 10.2 Å². The third-order valence-corrected chi connectivity index (χ3v) is 9.53. The van der Waals surface area contributed by atoms with Gasteiger partial charge in [0.1, 0.15) is 0 Å². The third kappa shape index (κ3) is 4.61. The van der Waals surface area contributed by atoms with Gasteiger partial charge in [-0.15, -0.1) is 0 Å². The number of aromatic nitrogens is 1. The van der Waals surface area contributed by atoms with Crippen molar-refractivity contribution in [2.75, 3.05) is 18.0 Å². The van der Waals surface area contributed by atoms with Crippen molar-refractivity contribution in [1.29, 1.82) is 0 Å². The molecule has 8 nitrogen and oxygen atoms in total. The zero-order valence-corrected chi connectivity index (χ0v) is 17.2. The van der Waals surface area contributed by atoms with Gasteiger partial charge in [0.25, 0.3) is 0 Å². The summed E-state index contributed by atoms with van der Waals surface area (Å²) < 4.78 is 24.0. The Morgan fingerprint density at radius 2 is 1.93 bits per heavy atom. The molecule has 1 aliphatic rings. The molecule has 2 heterocycles. The number of aromatic carboxylic acids is 1. The first-order chi connectivity index (χ1) is 12.8. The number of carboxylic acids is 1. The van der Waals surface area contributed by atoms with Gasteiger partial charge in [-0.3, -0.25) is 0 Å². The Bertz CT molecular complexity index is 981. The molecule has 1 aliphatic heterocycles. The van der Waals surface area contributed by atoms with E-state index in [0.717, 1.165) is 0 Å². The second-order valence-electron chi connectivity index (χ2n) is 5.77. The molecule has 0 unspecified atom stereocenters. The first-order valence-corrected chi connectivity index (χ1v) is 12.8. The first-order valence-electron chi connectivity index (χ1n) is 7.73. The van der Waals surface area contributed by atoms with Crippen molar-refractivity contribution in [3.63, 3.8) is 0 Å². The number of amides is 1. The Hall–Kier alpha value is -2.09. The van der Waals surface area contributed by atoms with E-state index >= 15 is 0 Å². The van der Waals surface area contributed by atoms with Gasteiger partial charge in [-0.1, -0.05) is 0 Å². The summed E-state index contributed by atoms with van der Waals surface area (Å²) in [6.45, 7) is 0.828. The molecule has 2 aromatic rings. The summed E-state index contributed by atoms with van der Waals surface area (Å²) in [6, 6.07) is 8.98. The van der Waals surface area contributed by atoms with Gasteiger partial charge in [0.15, 0.2) is 0 Å². The summed E-state index contributed by atoms with van der Waals surface area (Å²) in [5.41, 5.74) is -0.00991. The van der Waals surface area contributed by atoms with Crippen LogP contribution in [0.25, 0.3) is 0 Å². The average Bonchev–Trinajstić information content (AvgIpc) is 2.58. The molecular weight excluding hydrogens is 457 g/mol. The summed E-state index contributed by atoms with van der Waals surface area (Å²) in [5, 5.41) is 11.8. The quantitative estimate of drug-likeness (QED) is 0.613. The van der Waals surface area contributed by atoms with E-state index in [1.54, 1.807) is 23.1 Å².